The molecule has 0 unspecified atom stereocenters. The minimum atomic E-state index is -0.398. The summed E-state index contributed by atoms with van der Waals surface area (Å²) >= 11 is 1.44. The number of thiophene rings is 1. The Bertz CT molecular complexity index is 920. The predicted octanol–water partition coefficient (Wildman–Crippen LogP) is 3.38. The van der Waals surface area contributed by atoms with E-state index in [1.807, 2.05) is 6.92 Å². The van der Waals surface area contributed by atoms with Crippen molar-refractivity contribution in [3.05, 3.63) is 33.5 Å². The molecule has 2 aromatic heterocycles. The van der Waals surface area contributed by atoms with E-state index in [9.17, 15) is 9.59 Å². The Hall–Kier alpha value is -2.19. The Morgan fingerprint density at radius 3 is 2.61 bits per heavy atom. The summed E-state index contributed by atoms with van der Waals surface area (Å²) in [6, 6.07) is 0. The van der Waals surface area contributed by atoms with Crippen LogP contribution in [-0.4, -0.2) is 33.8 Å². The van der Waals surface area contributed by atoms with Crippen molar-refractivity contribution < 1.29 is 14.3 Å². The third kappa shape index (κ3) is 3.58. The summed E-state index contributed by atoms with van der Waals surface area (Å²) in [4.78, 5) is 26.8. The van der Waals surface area contributed by atoms with Crippen molar-refractivity contribution in [2.45, 2.75) is 59.0 Å². The molecule has 152 valence electrons. The number of nitrogens with zero attached hydrogens (tertiary/aromatic N) is 2. The van der Waals surface area contributed by atoms with Crippen molar-refractivity contribution in [2.75, 3.05) is 11.9 Å². The number of aromatic nitrogens is 2. The summed E-state index contributed by atoms with van der Waals surface area (Å²) in [5.41, 5.74) is 2.17. The summed E-state index contributed by atoms with van der Waals surface area (Å²) < 4.78 is 6.87. The number of rotatable bonds is 4. The zero-order valence-electron chi connectivity index (χ0n) is 17.5. The molecule has 0 saturated heterocycles. The van der Waals surface area contributed by atoms with Gasteiger partial charge in [-0.15, -0.1) is 11.3 Å². The van der Waals surface area contributed by atoms with E-state index in [0.717, 1.165) is 16.0 Å². The van der Waals surface area contributed by atoms with Gasteiger partial charge in [-0.3, -0.25) is 9.48 Å². The minimum absolute atomic E-state index is 0.182. The van der Waals surface area contributed by atoms with Crippen LogP contribution in [0.5, 0.6) is 0 Å². The average Bonchev–Trinajstić information content (AvgIpc) is 3.06. The van der Waals surface area contributed by atoms with Crippen LogP contribution in [0, 0.1) is 6.92 Å². The molecule has 0 fully saturated rings. The lowest BCUT2D eigenvalue weighted by Crippen LogP contribution is -2.55. The Kier molecular flexibility index (Phi) is 5.14. The Labute approximate surface area is 169 Å². The Balaban J connectivity index is 2.10. The second-order valence-corrected chi connectivity index (χ2v) is 9.42. The van der Waals surface area contributed by atoms with E-state index in [4.69, 9.17) is 4.74 Å². The number of ether oxygens (including phenoxy) is 1. The van der Waals surface area contributed by atoms with Crippen LogP contribution in [0.15, 0.2) is 6.20 Å². The van der Waals surface area contributed by atoms with Gasteiger partial charge in [-0.05, 0) is 59.1 Å². The molecule has 0 aliphatic carbocycles. The smallest absolute Gasteiger partial charge is 0.341 e. The van der Waals surface area contributed by atoms with E-state index in [2.05, 4.69) is 43.4 Å². The van der Waals surface area contributed by atoms with E-state index < -0.39 is 5.97 Å². The van der Waals surface area contributed by atoms with Gasteiger partial charge in [-0.1, -0.05) is 0 Å². The fourth-order valence-electron chi connectivity index (χ4n) is 4.07. The molecule has 0 aromatic carbocycles. The quantitative estimate of drug-likeness (QED) is 0.763. The SMILES string of the molecule is CCOC(=O)c1c(NC(=O)c2c(C)cnn2C)sc2c1CC(C)(C)NC2(C)C. The lowest BCUT2D eigenvalue weighted by atomic mass is 9.81. The molecule has 0 bridgehead atoms. The van der Waals surface area contributed by atoms with Crippen LogP contribution in [0.25, 0.3) is 0 Å². The highest BCUT2D eigenvalue weighted by Crippen LogP contribution is 2.45. The summed E-state index contributed by atoms with van der Waals surface area (Å²) in [6.07, 6.45) is 2.33. The molecule has 0 atom stereocenters. The predicted molar refractivity (Wildman–Crippen MR) is 110 cm³/mol. The minimum Gasteiger partial charge on any atom is -0.462 e. The molecule has 0 radical (unpaired) electrons. The van der Waals surface area contributed by atoms with Crippen LogP contribution in [0.2, 0.25) is 0 Å². The van der Waals surface area contributed by atoms with Gasteiger partial charge < -0.3 is 15.4 Å². The molecular formula is C20H28N4O3S. The van der Waals surface area contributed by atoms with Crippen molar-refractivity contribution in [1.82, 2.24) is 15.1 Å². The summed E-state index contributed by atoms with van der Waals surface area (Å²) in [6.45, 7) is 12.3. The number of aryl methyl sites for hydroxylation is 2. The van der Waals surface area contributed by atoms with E-state index in [1.54, 1.807) is 20.2 Å². The average molecular weight is 405 g/mol. The van der Waals surface area contributed by atoms with Gasteiger partial charge in [0.25, 0.3) is 5.91 Å². The largest absolute Gasteiger partial charge is 0.462 e. The van der Waals surface area contributed by atoms with Crippen LogP contribution in [-0.2, 0) is 23.7 Å². The molecule has 1 aliphatic heterocycles. The lowest BCUT2D eigenvalue weighted by Gasteiger charge is -2.42. The first-order valence-electron chi connectivity index (χ1n) is 9.39. The molecule has 0 spiro atoms. The monoisotopic (exact) mass is 404 g/mol. The highest BCUT2D eigenvalue weighted by Gasteiger charge is 2.42. The third-order valence-corrected chi connectivity index (χ3v) is 6.36. The Morgan fingerprint density at radius 2 is 2.04 bits per heavy atom. The standard InChI is InChI=1S/C20H28N4O3S/c1-8-27-18(26)13-12-9-19(3,4)23-20(5,6)15(12)28-17(13)22-16(25)14-11(2)10-21-24(14)7/h10,23H,8-9H2,1-7H3,(H,22,25). The van der Waals surface area contributed by atoms with E-state index in [-0.39, 0.29) is 23.6 Å². The number of carbonyl (C=O) groups excluding carboxylic acids is 2. The van der Waals surface area contributed by atoms with Crippen LogP contribution in [0.4, 0.5) is 5.00 Å². The highest BCUT2D eigenvalue weighted by molar-refractivity contribution is 7.17. The zero-order chi connectivity index (χ0) is 20.9. The van der Waals surface area contributed by atoms with Gasteiger partial charge in [0.05, 0.1) is 18.4 Å². The number of hydrogen-bond donors (Lipinski definition) is 2. The molecule has 3 heterocycles. The summed E-state index contributed by atoms with van der Waals surface area (Å²) in [7, 11) is 1.73. The lowest BCUT2D eigenvalue weighted by molar-refractivity contribution is 0.0526. The maximum Gasteiger partial charge on any atom is 0.341 e. The first kappa shape index (κ1) is 20.5. The van der Waals surface area contributed by atoms with Crippen molar-refractivity contribution >= 4 is 28.2 Å². The molecule has 1 aliphatic rings. The van der Waals surface area contributed by atoms with E-state index in [0.29, 0.717) is 22.7 Å². The number of carbonyl (C=O) groups is 2. The molecule has 3 rings (SSSR count). The van der Waals surface area contributed by atoms with Crippen molar-refractivity contribution in [3.63, 3.8) is 0 Å². The zero-order valence-corrected chi connectivity index (χ0v) is 18.3. The van der Waals surface area contributed by atoms with E-state index in [1.165, 1.54) is 16.0 Å². The Morgan fingerprint density at radius 1 is 1.36 bits per heavy atom. The van der Waals surface area contributed by atoms with Crippen LogP contribution in [0.3, 0.4) is 0 Å². The molecule has 2 N–H and O–H groups in total. The number of nitrogens with one attached hydrogen (secondary N) is 2. The summed E-state index contributed by atoms with van der Waals surface area (Å²) in [5, 5.41) is 11.2. The number of amides is 1. The second-order valence-electron chi connectivity index (χ2n) is 8.40. The number of esters is 1. The molecule has 1 amide bonds. The second kappa shape index (κ2) is 7.00. The number of hydrogen-bond acceptors (Lipinski definition) is 6. The molecule has 28 heavy (non-hydrogen) atoms. The van der Waals surface area contributed by atoms with Gasteiger partial charge in [0.15, 0.2) is 0 Å². The maximum atomic E-state index is 12.9. The number of fused-ring (bicyclic) bond motifs is 1. The molecular weight excluding hydrogens is 376 g/mol. The van der Waals surface area contributed by atoms with Crippen LogP contribution in [0.1, 0.15) is 71.5 Å². The first-order chi connectivity index (χ1) is 13.0. The normalized spacial score (nSPS) is 17.1. The maximum absolute atomic E-state index is 12.9. The fraction of sp³-hybridized carbons (Fsp3) is 0.550. The third-order valence-electron chi connectivity index (χ3n) is 4.89. The van der Waals surface area contributed by atoms with Crippen LogP contribution >= 0.6 is 11.3 Å². The van der Waals surface area contributed by atoms with Gasteiger partial charge in [0.1, 0.15) is 10.7 Å². The van der Waals surface area contributed by atoms with Crippen molar-refractivity contribution in [3.8, 4) is 0 Å². The first-order valence-corrected chi connectivity index (χ1v) is 10.2. The van der Waals surface area contributed by atoms with Gasteiger partial charge in [-0.25, -0.2) is 4.79 Å². The topological polar surface area (TPSA) is 85.2 Å². The summed E-state index contributed by atoms with van der Waals surface area (Å²) in [5.74, 6) is -0.683. The van der Waals surface area contributed by atoms with Crippen molar-refractivity contribution in [1.29, 1.82) is 0 Å². The molecule has 7 nitrogen and oxygen atoms in total. The molecule has 2 aromatic rings. The number of anilines is 1. The van der Waals surface area contributed by atoms with Gasteiger partial charge >= 0.3 is 5.97 Å². The fourth-order valence-corrected chi connectivity index (χ4v) is 5.33. The van der Waals surface area contributed by atoms with Gasteiger partial charge in [0, 0.05) is 23.0 Å². The molecule has 0 saturated carbocycles. The van der Waals surface area contributed by atoms with Gasteiger partial charge in [-0.2, -0.15) is 5.10 Å². The van der Waals surface area contributed by atoms with Gasteiger partial charge in [0.2, 0.25) is 0 Å². The van der Waals surface area contributed by atoms with Crippen molar-refractivity contribution in [2.24, 2.45) is 7.05 Å². The van der Waals surface area contributed by atoms with E-state index >= 15 is 0 Å². The highest BCUT2D eigenvalue weighted by atomic mass is 32.1. The van der Waals surface area contributed by atoms with Crippen LogP contribution < -0.4 is 10.6 Å². The molecule has 8 heteroatoms.